The van der Waals surface area contributed by atoms with E-state index in [4.69, 9.17) is 11.5 Å². The minimum atomic E-state index is -4.57. The predicted octanol–water partition coefficient (Wildman–Crippen LogP) is 3.09. The number of piperazine rings is 1. The number of benzene rings is 1. The van der Waals surface area contributed by atoms with Crippen LogP contribution in [-0.2, 0) is 0 Å². The first kappa shape index (κ1) is 28.0. The van der Waals surface area contributed by atoms with E-state index in [0.29, 0.717) is 37.5 Å². The summed E-state index contributed by atoms with van der Waals surface area (Å²) in [5.41, 5.74) is 10.4. The van der Waals surface area contributed by atoms with Crippen molar-refractivity contribution < 1.29 is 26.7 Å². The fourth-order valence-electron chi connectivity index (χ4n) is 3.05. The Bertz CT molecular complexity index is 1060. The Morgan fingerprint density at radius 2 is 1.86 bits per heavy atom. The smallest absolute Gasteiger partial charge is 0.403 e. The van der Waals surface area contributed by atoms with Crippen LogP contribution in [0.2, 0.25) is 0 Å². The zero-order chi connectivity index (χ0) is 26.2. The van der Waals surface area contributed by atoms with E-state index in [1.807, 2.05) is 13.8 Å². The topological polar surface area (TPSA) is 122 Å². The number of hydrogen-bond donors (Lipinski definition) is 4. The molecular formula is C21H26F5N7OS. The second-order valence-corrected chi connectivity index (χ2v) is 7.89. The van der Waals surface area contributed by atoms with Crippen molar-refractivity contribution in [3.8, 4) is 10.6 Å². The molecule has 0 bridgehead atoms. The van der Waals surface area contributed by atoms with E-state index in [-0.39, 0.29) is 27.2 Å². The number of carbonyl (C=O) groups excluding carboxylic acids is 1. The minimum Gasteiger partial charge on any atom is -0.403 e. The molecule has 1 fully saturated rings. The quantitative estimate of drug-likeness (QED) is 0.274. The van der Waals surface area contributed by atoms with Crippen molar-refractivity contribution in [1.82, 2.24) is 20.5 Å². The molecule has 1 aromatic carbocycles. The van der Waals surface area contributed by atoms with Gasteiger partial charge in [-0.3, -0.25) is 9.79 Å². The van der Waals surface area contributed by atoms with Crippen molar-refractivity contribution in [1.29, 1.82) is 0 Å². The largest absolute Gasteiger partial charge is 0.408 e. The van der Waals surface area contributed by atoms with E-state index < -0.39 is 35.8 Å². The number of aromatic nitrogens is 1. The molecule has 0 unspecified atom stereocenters. The molecular weight excluding hydrogens is 493 g/mol. The van der Waals surface area contributed by atoms with Crippen LogP contribution in [0.4, 0.5) is 27.0 Å². The highest BCUT2D eigenvalue weighted by molar-refractivity contribution is 7.19. The highest BCUT2D eigenvalue weighted by atomic mass is 32.1. The summed E-state index contributed by atoms with van der Waals surface area (Å²) < 4.78 is 66.5. The van der Waals surface area contributed by atoms with Gasteiger partial charge in [-0.2, -0.15) is 13.2 Å². The van der Waals surface area contributed by atoms with Gasteiger partial charge in [-0.1, -0.05) is 31.3 Å². The van der Waals surface area contributed by atoms with Crippen LogP contribution < -0.4 is 22.1 Å². The third kappa shape index (κ3) is 7.36. The van der Waals surface area contributed by atoms with Gasteiger partial charge in [0, 0.05) is 32.4 Å². The minimum absolute atomic E-state index is 0.141. The molecule has 0 aliphatic carbocycles. The summed E-state index contributed by atoms with van der Waals surface area (Å²) in [6, 6.07) is 3.23. The summed E-state index contributed by atoms with van der Waals surface area (Å²) >= 11 is 0.686. The molecule has 14 heteroatoms. The van der Waals surface area contributed by atoms with Crippen LogP contribution in [0.25, 0.3) is 10.6 Å². The number of carbonyl (C=O) groups is 1. The van der Waals surface area contributed by atoms with Gasteiger partial charge in [-0.05, 0) is 12.1 Å². The lowest BCUT2D eigenvalue weighted by atomic mass is 10.2. The normalized spacial score (nSPS) is 14.9. The van der Waals surface area contributed by atoms with Crippen LogP contribution in [0.5, 0.6) is 0 Å². The van der Waals surface area contributed by atoms with Crippen molar-refractivity contribution in [3.05, 3.63) is 47.4 Å². The number of hydrogen-bond acceptors (Lipinski definition) is 7. The third-order valence-electron chi connectivity index (χ3n) is 4.53. The number of aliphatic imine (C=N–C) groups is 1. The maximum absolute atomic E-state index is 14.1. The summed E-state index contributed by atoms with van der Waals surface area (Å²) in [6.07, 6.45) is -3.66. The second-order valence-electron chi connectivity index (χ2n) is 6.86. The number of alkyl halides is 3. The van der Waals surface area contributed by atoms with Crippen LogP contribution >= 0.6 is 11.3 Å². The fraction of sp³-hybridized carbons (Fsp3) is 0.381. The lowest BCUT2D eigenvalue weighted by molar-refractivity contribution is -0.118. The molecule has 0 radical (unpaired) electrons. The molecule has 3 rings (SSSR count). The average Bonchev–Trinajstić information content (AvgIpc) is 3.20. The number of rotatable bonds is 5. The Morgan fingerprint density at radius 1 is 1.26 bits per heavy atom. The number of anilines is 1. The summed E-state index contributed by atoms with van der Waals surface area (Å²) in [7, 11) is 0. The molecule has 1 saturated heterocycles. The highest BCUT2D eigenvalue weighted by Crippen LogP contribution is 2.33. The number of nitrogens with two attached hydrogens (primary N) is 2. The van der Waals surface area contributed by atoms with E-state index in [9.17, 15) is 26.7 Å². The van der Waals surface area contributed by atoms with Gasteiger partial charge in [0.25, 0.3) is 5.91 Å². The van der Waals surface area contributed by atoms with E-state index in [1.165, 1.54) is 6.07 Å². The van der Waals surface area contributed by atoms with E-state index in [1.54, 1.807) is 4.90 Å². The molecule has 35 heavy (non-hydrogen) atoms. The fourth-order valence-corrected chi connectivity index (χ4v) is 3.93. The van der Waals surface area contributed by atoms with Crippen molar-refractivity contribution in [2.45, 2.75) is 20.0 Å². The first-order chi connectivity index (χ1) is 16.6. The highest BCUT2D eigenvalue weighted by Gasteiger charge is 2.29. The second kappa shape index (κ2) is 12.4. The maximum Gasteiger partial charge on any atom is 0.408 e. The molecule has 8 nitrogen and oxygen atoms in total. The van der Waals surface area contributed by atoms with E-state index >= 15 is 0 Å². The van der Waals surface area contributed by atoms with Crippen LogP contribution in [0.3, 0.4) is 0 Å². The molecule has 192 valence electrons. The molecule has 2 heterocycles. The Morgan fingerprint density at radius 3 is 2.40 bits per heavy atom. The van der Waals surface area contributed by atoms with Crippen molar-refractivity contribution >= 4 is 28.1 Å². The zero-order valence-corrected chi connectivity index (χ0v) is 19.9. The molecule has 1 amide bonds. The lowest BCUT2D eigenvalue weighted by Gasteiger charge is -2.31. The number of halogens is 5. The monoisotopic (exact) mass is 519 g/mol. The van der Waals surface area contributed by atoms with Gasteiger partial charge < -0.3 is 27.0 Å². The van der Waals surface area contributed by atoms with Gasteiger partial charge in [-0.25, -0.2) is 13.8 Å². The van der Waals surface area contributed by atoms with Crippen molar-refractivity contribution in [2.24, 2.45) is 10.7 Å². The van der Waals surface area contributed by atoms with E-state index in [2.05, 4.69) is 20.6 Å². The molecule has 0 spiro atoms. The number of nitrogens with one attached hydrogen (secondary N) is 2. The SMILES string of the molecule is CC.N/C=C(/NC(=O)c1nc(-c2c(F)cccc2F)sc1N)C(=NCC(F)(F)F)N1CCNCC1. The van der Waals surface area contributed by atoms with Gasteiger partial charge in [-0.15, -0.1) is 0 Å². The first-order valence-electron chi connectivity index (χ1n) is 10.6. The number of amidine groups is 1. The molecule has 0 atom stereocenters. The van der Waals surface area contributed by atoms with Gasteiger partial charge >= 0.3 is 6.18 Å². The van der Waals surface area contributed by atoms with Crippen molar-refractivity contribution in [2.75, 3.05) is 38.5 Å². The Hall–Kier alpha value is -3.26. The van der Waals surface area contributed by atoms with Gasteiger partial charge in [0.1, 0.15) is 34.0 Å². The number of nitrogens with zero attached hydrogens (tertiary/aromatic N) is 3. The van der Waals surface area contributed by atoms with Gasteiger partial charge in [0.2, 0.25) is 0 Å². The molecule has 2 aromatic rings. The molecule has 1 aliphatic heterocycles. The summed E-state index contributed by atoms with van der Waals surface area (Å²) in [6.45, 7) is 4.18. The number of thiazole rings is 1. The van der Waals surface area contributed by atoms with Crippen LogP contribution in [0.15, 0.2) is 35.1 Å². The first-order valence-corrected chi connectivity index (χ1v) is 11.4. The Balaban J connectivity index is 0.00000210. The average molecular weight is 520 g/mol. The predicted molar refractivity (Wildman–Crippen MR) is 126 cm³/mol. The third-order valence-corrected chi connectivity index (χ3v) is 5.43. The zero-order valence-electron chi connectivity index (χ0n) is 19.0. The van der Waals surface area contributed by atoms with Crippen LogP contribution in [0, 0.1) is 11.6 Å². The standard InChI is InChI=1S/C19H20F5N7OS.C2H6/c20-10-2-1-3-11(21)13(10)18-30-14(15(26)33-18)17(32)29-12(8-25)16(28-9-19(22,23)24)31-6-4-27-5-7-31;1-2/h1-3,8,27H,4-7,9,25-26H2,(H,29,32);1-2H3/b12-8+,28-16?;. The molecule has 6 N–H and O–H groups in total. The molecule has 0 saturated carbocycles. The van der Waals surface area contributed by atoms with Crippen LogP contribution in [-0.4, -0.2) is 60.5 Å². The summed E-state index contributed by atoms with van der Waals surface area (Å²) in [5.74, 6) is -2.85. The molecule has 1 aromatic heterocycles. The number of amides is 1. The summed E-state index contributed by atoms with van der Waals surface area (Å²) in [5, 5.41) is 5.11. The van der Waals surface area contributed by atoms with Crippen LogP contribution in [0.1, 0.15) is 24.3 Å². The number of nitrogen functional groups attached to an aromatic ring is 1. The van der Waals surface area contributed by atoms with Gasteiger partial charge in [0.05, 0.1) is 11.3 Å². The molecule has 1 aliphatic rings. The summed E-state index contributed by atoms with van der Waals surface area (Å²) in [4.78, 5) is 21.9. The van der Waals surface area contributed by atoms with Crippen molar-refractivity contribution in [3.63, 3.8) is 0 Å². The Kier molecular flexibility index (Phi) is 9.95. The maximum atomic E-state index is 14.1. The lowest BCUT2D eigenvalue weighted by Crippen LogP contribution is -2.49. The Labute approximate surface area is 202 Å². The van der Waals surface area contributed by atoms with Gasteiger partial charge in [0.15, 0.2) is 5.69 Å². The van der Waals surface area contributed by atoms with E-state index in [0.717, 1.165) is 18.3 Å².